The van der Waals surface area contributed by atoms with Gasteiger partial charge in [0.15, 0.2) is 6.10 Å². The lowest BCUT2D eigenvalue weighted by Crippen LogP contribution is -2.29. The zero-order chi connectivity index (χ0) is 38.9. The predicted molar refractivity (Wildman–Crippen MR) is 220 cm³/mol. The van der Waals surface area contributed by atoms with E-state index in [0.29, 0.717) is 6.42 Å². The number of phosphoric ester groups is 1. The Morgan fingerprint density at radius 3 is 1.51 bits per heavy atom. The fourth-order valence-corrected chi connectivity index (χ4v) is 6.85. The molecule has 3 N–H and O–H groups in total. The van der Waals surface area contributed by atoms with Gasteiger partial charge in [-0.05, 0) is 38.5 Å². The molecule has 0 aliphatic heterocycles. The van der Waals surface area contributed by atoms with E-state index in [9.17, 15) is 19.0 Å². The topological polar surface area (TPSA) is 134 Å². The minimum absolute atomic E-state index is 0.0524. The maximum Gasteiger partial charge on any atom is 0.472 e. The number of rotatable bonds is 41. The van der Waals surface area contributed by atoms with Gasteiger partial charge >= 0.3 is 19.8 Å². The van der Waals surface area contributed by atoms with Crippen molar-refractivity contribution in [3.8, 4) is 0 Å². The lowest BCUT2D eigenvalue weighted by molar-refractivity contribution is -0.161. The van der Waals surface area contributed by atoms with E-state index in [-0.39, 0.29) is 38.6 Å². The Balaban J connectivity index is 4.09. The molecule has 2 atom stereocenters. The highest BCUT2D eigenvalue weighted by atomic mass is 31.2. The SMILES string of the molecule is CCC/C=C\C/C=C\CCCCCCCC(=O)OC(COC(=O)CCCCCCCCCCCCCCCCCCCCC)COP(=O)(O)OCCN. The van der Waals surface area contributed by atoms with Crippen molar-refractivity contribution in [2.75, 3.05) is 26.4 Å². The van der Waals surface area contributed by atoms with Crippen molar-refractivity contribution in [3.63, 3.8) is 0 Å². The van der Waals surface area contributed by atoms with E-state index in [1.807, 2.05) is 0 Å². The molecule has 0 amide bonds. The summed E-state index contributed by atoms with van der Waals surface area (Å²) in [5.74, 6) is -0.837. The fraction of sp³-hybridized carbons (Fsp3) is 0.860. The fourth-order valence-electron chi connectivity index (χ4n) is 6.08. The van der Waals surface area contributed by atoms with Crippen molar-refractivity contribution in [2.45, 2.75) is 213 Å². The maximum absolute atomic E-state index is 12.5. The highest BCUT2D eigenvalue weighted by Crippen LogP contribution is 2.43. The van der Waals surface area contributed by atoms with Crippen LogP contribution in [0.3, 0.4) is 0 Å². The van der Waals surface area contributed by atoms with E-state index in [1.54, 1.807) is 0 Å². The van der Waals surface area contributed by atoms with Gasteiger partial charge < -0.3 is 20.1 Å². The van der Waals surface area contributed by atoms with Gasteiger partial charge in [0.25, 0.3) is 0 Å². The average Bonchev–Trinajstić information content (AvgIpc) is 3.14. The van der Waals surface area contributed by atoms with Crippen LogP contribution in [0.5, 0.6) is 0 Å². The molecular formula is C43H82NO8P. The van der Waals surface area contributed by atoms with Crippen molar-refractivity contribution in [1.82, 2.24) is 0 Å². The van der Waals surface area contributed by atoms with Gasteiger partial charge in [-0.15, -0.1) is 0 Å². The van der Waals surface area contributed by atoms with E-state index in [0.717, 1.165) is 64.2 Å². The lowest BCUT2D eigenvalue weighted by Gasteiger charge is -2.19. The maximum atomic E-state index is 12.5. The molecule has 0 saturated heterocycles. The molecule has 10 heteroatoms. The van der Waals surface area contributed by atoms with Crippen molar-refractivity contribution in [2.24, 2.45) is 5.73 Å². The summed E-state index contributed by atoms with van der Waals surface area (Å²) >= 11 is 0. The second-order valence-corrected chi connectivity index (χ2v) is 16.0. The van der Waals surface area contributed by atoms with Crippen LogP contribution in [0.25, 0.3) is 0 Å². The molecule has 0 rings (SSSR count). The zero-order valence-electron chi connectivity index (χ0n) is 34.3. The summed E-state index contributed by atoms with van der Waals surface area (Å²) in [5, 5.41) is 0. The van der Waals surface area contributed by atoms with E-state index in [1.165, 1.54) is 109 Å². The van der Waals surface area contributed by atoms with Crippen molar-refractivity contribution < 1.29 is 37.6 Å². The molecule has 312 valence electrons. The van der Waals surface area contributed by atoms with Crippen LogP contribution in [-0.4, -0.2) is 49.3 Å². The third-order valence-electron chi connectivity index (χ3n) is 9.32. The first-order chi connectivity index (χ1) is 25.8. The molecule has 2 unspecified atom stereocenters. The van der Waals surface area contributed by atoms with Gasteiger partial charge in [-0.25, -0.2) is 4.57 Å². The Morgan fingerprint density at radius 1 is 0.566 bits per heavy atom. The first kappa shape index (κ1) is 51.5. The molecule has 0 aromatic rings. The molecule has 0 aromatic heterocycles. The molecule has 0 aliphatic rings. The third-order valence-corrected chi connectivity index (χ3v) is 10.3. The Kier molecular flexibility index (Phi) is 39.0. The van der Waals surface area contributed by atoms with E-state index in [2.05, 4.69) is 38.2 Å². The summed E-state index contributed by atoms with van der Waals surface area (Å²) in [7, 11) is -4.37. The second-order valence-electron chi connectivity index (χ2n) is 14.6. The molecule has 0 fully saturated rings. The Morgan fingerprint density at radius 2 is 1.02 bits per heavy atom. The molecule has 0 heterocycles. The van der Waals surface area contributed by atoms with Crippen LogP contribution in [-0.2, 0) is 32.7 Å². The number of carbonyl (C=O) groups excluding carboxylic acids is 2. The quantitative estimate of drug-likeness (QED) is 0.0269. The van der Waals surface area contributed by atoms with Crippen molar-refractivity contribution >= 4 is 19.8 Å². The largest absolute Gasteiger partial charge is 0.472 e. The summed E-state index contributed by atoms with van der Waals surface area (Å²) in [6.45, 7) is 3.67. The standard InChI is InChI=1S/C43H82NO8P/c1-3-5-7-9-11-13-15-17-18-19-20-21-22-24-25-27-29-31-33-35-42(45)49-39-41(40-51-53(47,48)50-38-37-44)52-43(46)36-34-32-30-28-26-23-16-14-12-10-8-6-4-2/h8,10,14,16,41H,3-7,9,11-13,15,17-40,44H2,1-2H3,(H,47,48)/b10-8-,16-14-. The Hall–Kier alpha value is -1.51. The molecule has 9 nitrogen and oxygen atoms in total. The van der Waals surface area contributed by atoms with Gasteiger partial charge in [0, 0.05) is 19.4 Å². The highest BCUT2D eigenvalue weighted by molar-refractivity contribution is 7.47. The van der Waals surface area contributed by atoms with Crippen molar-refractivity contribution in [3.05, 3.63) is 24.3 Å². The van der Waals surface area contributed by atoms with Crippen molar-refractivity contribution in [1.29, 1.82) is 0 Å². The predicted octanol–water partition coefficient (Wildman–Crippen LogP) is 12.4. The Labute approximate surface area is 325 Å². The number of esters is 2. The summed E-state index contributed by atoms with van der Waals surface area (Å²) in [5.41, 5.74) is 5.34. The van der Waals surface area contributed by atoms with Gasteiger partial charge in [-0.3, -0.25) is 18.6 Å². The number of unbranched alkanes of at least 4 members (excludes halogenated alkanes) is 24. The van der Waals surface area contributed by atoms with Gasteiger partial charge in [0.1, 0.15) is 6.61 Å². The molecular weight excluding hydrogens is 689 g/mol. The summed E-state index contributed by atoms with van der Waals surface area (Å²) in [4.78, 5) is 34.8. The average molecular weight is 772 g/mol. The number of hydrogen-bond donors (Lipinski definition) is 2. The van der Waals surface area contributed by atoms with E-state index in [4.69, 9.17) is 24.3 Å². The zero-order valence-corrected chi connectivity index (χ0v) is 35.2. The number of phosphoric acid groups is 1. The summed E-state index contributed by atoms with van der Waals surface area (Å²) in [6.07, 6.45) is 42.1. The molecule has 0 aliphatic carbocycles. The van der Waals surface area contributed by atoms with E-state index < -0.39 is 26.5 Å². The minimum atomic E-state index is -4.37. The highest BCUT2D eigenvalue weighted by Gasteiger charge is 2.26. The number of hydrogen-bond acceptors (Lipinski definition) is 8. The van der Waals surface area contributed by atoms with Gasteiger partial charge in [-0.1, -0.05) is 179 Å². The van der Waals surface area contributed by atoms with Crippen LogP contribution >= 0.6 is 7.82 Å². The van der Waals surface area contributed by atoms with Crippen LogP contribution in [0.4, 0.5) is 0 Å². The molecule has 53 heavy (non-hydrogen) atoms. The summed E-state index contributed by atoms with van der Waals surface area (Å²) < 4.78 is 32.7. The second kappa shape index (κ2) is 40.2. The molecule has 0 saturated carbocycles. The molecule has 0 bridgehead atoms. The smallest absolute Gasteiger partial charge is 0.462 e. The van der Waals surface area contributed by atoms with Crippen LogP contribution < -0.4 is 5.73 Å². The van der Waals surface area contributed by atoms with Gasteiger partial charge in [0.2, 0.25) is 0 Å². The van der Waals surface area contributed by atoms with Crippen LogP contribution in [0.15, 0.2) is 24.3 Å². The Bertz CT molecular complexity index is 928. The first-order valence-electron chi connectivity index (χ1n) is 21.8. The number of carbonyl (C=O) groups is 2. The first-order valence-corrected chi connectivity index (χ1v) is 23.3. The van der Waals surface area contributed by atoms with Gasteiger partial charge in [-0.2, -0.15) is 0 Å². The normalized spacial score (nSPS) is 13.5. The molecule has 0 radical (unpaired) electrons. The minimum Gasteiger partial charge on any atom is -0.462 e. The van der Waals surface area contributed by atoms with E-state index >= 15 is 0 Å². The monoisotopic (exact) mass is 772 g/mol. The molecule has 0 spiro atoms. The third kappa shape index (κ3) is 40.0. The van der Waals surface area contributed by atoms with Crippen LogP contribution in [0.2, 0.25) is 0 Å². The number of ether oxygens (including phenoxy) is 2. The van der Waals surface area contributed by atoms with Gasteiger partial charge in [0.05, 0.1) is 13.2 Å². The van der Waals surface area contributed by atoms with Crippen LogP contribution in [0.1, 0.15) is 206 Å². The summed E-state index contributed by atoms with van der Waals surface area (Å²) in [6, 6.07) is 0. The molecule has 0 aromatic carbocycles. The number of nitrogens with two attached hydrogens (primary N) is 1. The lowest BCUT2D eigenvalue weighted by atomic mass is 10.0. The van der Waals surface area contributed by atoms with Crippen LogP contribution in [0, 0.1) is 0 Å². The number of allylic oxidation sites excluding steroid dienone is 4.